The Morgan fingerprint density at radius 2 is 1.86 bits per heavy atom. The molecule has 1 aromatic heterocycles. The highest BCUT2D eigenvalue weighted by Crippen LogP contribution is 2.26. The molecule has 0 bridgehead atoms. The molecule has 1 aliphatic rings. The Labute approximate surface area is 176 Å². The Hall–Kier alpha value is -2.51. The maximum Gasteiger partial charge on any atom is 0.259 e. The number of halogens is 1. The number of benzene rings is 1. The summed E-state index contributed by atoms with van der Waals surface area (Å²) in [6.45, 7) is 5.77. The van der Waals surface area contributed by atoms with Crippen molar-refractivity contribution in [1.29, 1.82) is 0 Å². The molecule has 29 heavy (non-hydrogen) atoms. The van der Waals surface area contributed by atoms with Crippen LogP contribution in [-0.2, 0) is 6.54 Å². The summed E-state index contributed by atoms with van der Waals surface area (Å²) in [6.07, 6.45) is 0. The molecule has 2 aromatic rings. The first-order chi connectivity index (χ1) is 14.0. The van der Waals surface area contributed by atoms with E-state index in [-0.39, 0.29) is 11.8 Å². The lowest BCUT2D eigenvalue weighted by molar-refractivity contribution is 0.0622. The number of methoxy groups -OCH3 is 2. The van der Waals surface area contributed by atoms with Gasteiger partial charge >= 0.3 is 0 Å². The second-order valence-corrected chi connectivity index (χ2v) is 7.05. The number of rotatable bonds is 7. The fourth-order valence-corrected chi connectivity index (χ4v) is 3.49. The predicted octanol–water partition coefficient (Wildman–Crippen LogP) is 3.11. The number of nitrogens with zero attached hydrogens (tertiary/aromatic N) is 3. The zero-order valence-electron chi connectivity index (χ0n) is 17.0. The second kappa shape index (κ2) is 9.80. The fraction of sp³-hybridized carbons (Fsp3) is 0.429. The predicted molar refractivity (Wildman–Crippen MR) is 111 cm³/mol. The largest absolute Gasteiger partial charge is 0.497 e. The molecule has 1 fully saturated rings. The number of carbonyl (C=O) groups excluding carboxylic acids is 1. The van der Waals surface area contributed by atoms with Gasteiger partial charge in [-0.25, -0.2) is 4.98 Å². The van der Waals surface area contributed by atoms with Gasteiger partial charge in [0.15, 0.2) is 0 Å². The maximum absolute atomic E-state index is 13.0. The van der Waals surface area contributed by atoms with Crippen molar-refractivity contribution in [1.82, 2.24) is 14.8 Å². The Morgan fingerprint density at radius 1 is 1.10 bits per heavy atom. The van der Waals surface area contributed by atoms with E-state index < -0.39 is 0 Å². The summed E-state index contributed by atoms with van der Waals surface area (Å²) in [7, 11) is 3.32. The Balaban J connectivity index is 1.65. The monoisotopic (exact) mass is 419 g/mol. The molecule has 8 heteroatoms. The summed E-state index contributed by atoms with van der Waals surface area (Å²) in [4.78, 5) is 21.2. The van der Waals surface area contributed by atoms with Gasteiger partial charge in [0.25, 0.3) is 5.91 Å². The summed E-state index contributed by atoms with van der Waals surface area (Å²) >= 11 is 5.94. The molecule has 2 heterocycles. The molecule has 0 unspecified atom stereocenters. The molecule has 0 radical (unpaired) electrons. The maximum atomic E-state index is 13.0. The van der Waals surface area contributed by atoms with Crippen LogP contribution in [0.25, 0.3) is 0 Å². The van der Waals surface area contributed by atoms with Crippen molar-refractivity contribution in [2.24, 2.45) is 0 Å². The molecule has 1 amide bonds. The number of hydrogen-bond acceptors (Lipinski definition) is 6. The first kappa shape index (κ1) is 21.2. The van der Waals surface area contributed by atoms with Gasteiger partial charge in [0.2, 0.25) is 5.88 Å². The molecule has 1 saturated heterocycles. The van der Waals surface area contributed by atoms with Gasteiger partial charge in [-0.1, -0.05) is 11.6 Å². The van der Waals surface area contributed by atoms with Crippen molar-refractivity contribution < 1.29 is 19.0 Å². The molecule has 7 nitrogen and oxygen atoms in total. The molecule has 156 valence electrons. The number of amides is 1. The van der Waals surface area contributed by atoms with E-state index in [2.05, 4.69) is 9.88 Å². The van der Waals surface area contributed by atoms with E-state index in [4.69, 9.17) is 25.8 Å². The lowest BCUT2D eigenvalue weighted by Crippen LogP contribution is -2.48. The lowest BCUT2D eigenvalue weighted by atomic mass is 10.1. The van der Waals surface area contributed by atoms with Gasteiger partial charge < -0.3 is 19.1 Å². The minimum Gasteiger partial charge on any atom is -0.497 e. The van der Waals surface area contributed by atoms with Crippen molar-refractivity contribution >= 4 is 17.5 Å². The summed E-state index contributed by atoms with van der Waals surface area (Å²) in [5, 5.41) is 0.307. The first-order valence-corrected chi connectivity index (χ1v) is 9.95. The van der Waals surface area contributed by atoms with E-state index in [1.807, 2.05) is 30.0 Å². The first-order valence-electron chi connectivity index (χ1n) is 9.57. The van der Waals surface area contributed by atoms with E-state index in [0.29, 0.717) is 30.4 Å². The van der Waals surface area contributed by atoms with Crippen LogP contribution in [0.1, 0.15) is 22.8 Å². The zero-order chi connectivity index (χ0) is 20.8. The van der Waals surface area contributed by atoms with E-state index in [9.17, 15) is 4.79 Å². The minimum atomic E-state index is -0.0868. The van der Waals surface area contributed by atoms with Crippen LogP contribution in [0.3, 0.4) is 0 Å². The normalized spacial score (nSPS) is 14.6. The Morgan fingerprint density at radius 3 is 2.52 bits per heavy atom. The SMILES string of the molecule is CCOc1nc(Cl)ccc1C(=O)N1CCN(Cc2cc(OC)ccc2OC)CC1. The number of carbonyl (C=O) groups is 1. The van der Waals surface area contributed by atoms with Crippen LogP contribution in [0.5, 0.6) is 17.4 Å². The van der Waals surface area contributed by atoms with Crippen LogP contribution in [0.15, 0.2) is 30.3 Å². The van der Waals surface area contributed by atoms with Gasteiger partial charge in [0.1, 0.15) is 22.2 Å². The van der Waals surface area contributed by atoms with E-state index >= 15 is 0 Å². The molecule has 0 atom stereocenters. The van der Waals surface area contributed by atoms with Crippen LogP contribution in [0, 0.1) is 0 Å². The highest BCUT2D eigenvalue weighted by atomic mass is 35.5. The average Bonchev–Trinajstić information content (AvgIpc) is 2.74. The second-order valence-electron chi connectivity index (χ2n) is 6.67. The van der Waals surface area contributed by atoms with Crippen molar-refractivity contribution in [3.63, 3.8) is 0 Å². The molecular weight excluding hydrogens is 394 g/mol. The zero-order valence-corrected chi connectivity index (χ0v) is 17.7. The number of pyridine rings is 1. The van der Waals surface area contributed by atoms with E-state index in [0.717, 1.165) is 36.7 Å². The molecule has 1 aromatic carbocycles. The van der Waals surface area contributed by atoms with Crippen LogP contribution in [0.2, 0.25) is 5.15 Å². The number of hydrogen-bond donors (Lipinski definition) is 0. The smallest absolute Gasteiger partial charge is 0.259 e. The van der Waals surface area contributed by atoms with Crippen molar-refractivity contribution in [3.05, 3.63) is 46.6 Å². The Kier molecular flexibility index (Phi) is 7.17. The van der Waals surface area contributed by atoms with Gasteiger partial charge in [-0.15, -0.1) is 0 Å². The molecule has 0 aliphatic carbocycles. The third kappa shape index (κ3) is 5.10. The van der Waals surface area contributed by atoms with E-state index in [1.165, 1.54) is 0 Å². The molecule has 0 N–H and O–H groups in total. The van der Waals surface area contributed by atoms with Gasteiger partial charge in [-0.3, -0.25) is 9.69 Å². The summed E-state index contributed by atoms with van der Waals surface area (Å²) in [6, 6.07) is 9.08. The highest BCUT2D eigenvalue weighted by molar-refractivity contribution is 6.29. The number of piperazine rings is 1. The average molecular weight is 420 g/mol. The quantitative estimate of drug-likeness (QED) is 0.642. The van der Waals surface area contributed by atoms with Crippen LogP contribution in [0.4, 0.5) is 0 Å². The van der Waals surface area contributed by atoms with E-state index in [1.54, 1.807) is 26.4 Å². The third-order valence-corrected chi connectivity index (χ3v) is 5.09. The van der Waals surface area contributed by atoms with Crippen molar-refractivity contribution in [3.8, 4) is 17.4 Å². The van der Waals surface area contributed by atoms with Gasteiger partial charge in [0.05, 0.1) is 20.8 Å². The number of aromatic nitrogens is 1. The summed E-state index contributed by atoms with van der Waals surface area (Å²) < 4.78 is 16.3. The van der Waals surface area contributed by atoms with Gasteiger partial charge in [-0.2, -0.15) is 0 Å². The molecule has 1 aliphatic heterocycles. The fourth-order valence-electron chi connectivity index (χ4n) is 3.35. The summed E-state index contributed by atoms with van der Waals surface area (Å²) in [5.41, 5.74) is 1.51. The molecule has 0 spiro atoms. The summed E-state index contributed by atoms with van der Waals surface area (Å²) in [5.74, 6) is 1.83. The molecule has 0 saturated carbocycles. The van der Waals surface area contributed by atoms with Crippen molar-refractivity contribution in [2.45, 2.75) is 13.5 Å². The Bertz CT molecular complexity index is 854. The van der Waals surface area contributed by atoms with Crippen molar-refractivity contribution in [2.75, 3.05) is 47.0 Å². The van der Waals surface area contributed by atoms with Gasteiger partial charge in [0, 0.05) is 38.3 Å². The molecular formula is C21H26ClN3O4. The van der Waals surface area contributed by atoms with Crippen LogP contribution >= 0.6 is 11.6 Å². The van der Waals surface area contributed by atoms with Crippen LogP contribution in [-0.4, -0.2) is 67.7 Å². The minimum absolute atomic E-state index is 0.0868. The van der Waals surface area contributed by atoms with Crippen LogP contribution < -0.4 is 14.2 Å². The topological polar surface area (TPSA) is 64.1 Å². The number of ether oxygens (including phenoxy) is 3. The lowest BCUT2D eigenvalue weighted by Gasteiger charge is -2.35. The highest BCUT2D eigenvalue weighted by Gasteiger charge is 2.25. The molecule has 3 rings (SSSR count). The standard InChI is InChI=1S/C21H26ClN3O4/c1-4-29-20-17(6-8-19(22)23-20)21(26)25-11-9-24(10-12-25)14-15-13-16(27-2)5-7-18(15)28-3/h5-8,13H,4,9-12,14H2,1-3H3. The third-order valence-electron chi connectivity index (χ3n) is 4.88. The van der Waals surface area contributed by atoms with Gasteiger partial charge in [-0.05, 0) is 37.3 Å².